The Morgan fingerprint density at radius 2 is 1.74 bits per heavy atom. The summed E-state index contributed by atoms with van der Waals surface area (Å²) in [7, 11) is 0. The Morgan fingerprint density at radius 3 is 2.34 bits per heavy atom. The summed E-state index contributed by atoms with van der Waals surface area (Å²) >= 11 is 1.60. The summed E-state index contributed by atoms with van der Waals surface area (Å²) in [6, 6.07) is 15.4. The summed E-state index contributed by atoms with van der Waals surface area (Å²) in [6.45, 7) is 0.183. The number of nitrogens with one attached hydrogen (secondary N) is 2. The lowest BCUT2D eigenvalue weighted by Gasteiger charge is -2.22. The Morgan fingerprint density at radius 1 is 1.09 bits per heavy atom. The second kappa shape index (κ2) is 9.57. The molecule has 3 aliphatic rings. The Kier molecular flexibility index (Phi) is 6.49. The first-order valence-corrected chi connectivity index (χ1v) is 13.5. The number of carboxylic acids is 1. The third-order valence-electron chi connectivity index (χ3n) is 7.75. The smallest absolute Gasteiger partial charge is 0.407 e. The minimum absolute atomic E-state index is 0.0518. The standard InChI is InChI=1S/C27H30N2O5S/c1-35-11-10-23(24(30)28-17-12-16-13-27(16,14-17)25(31)32)29-26(33)34-15-22-20-8-4-2-6-18(20)19-7-3-5-9-21(19)22/h2-9,16-17,22-23H,10-15H2,1H3,(H,28,30)(H,29,33)(H,31,32)/t16?,17?,23-,27?/m1/s1. The highest BCUT2D eigenvalue weighted by Gasteiger charge is 2.65. The van der Waals surface area contributed by atoms with Gasteiger partial charge in [0.1, 0.15) is 12.6 Å². The number of thioether (sulfide) groups is 1. The number of carbonyl (C=O) groups is 3. The predicted molar refractivity (Wildman–Crippen MR) is 134 cm³/mol. The molecule has 2 aromatic carbocycles. The van der Waals surface area contributed by atoms with Crippen LogP contribution in [0.25, 0.3) is 11.1 Å². The van der Waals surface area contributed by atoms with E-state index in [2.05, 4.69) is 34.9 Å². The van der Waals surface area contributed by atoms with Gasteiger partial charge in [-0.25, -0.2) is 4.79 Å². The quantitative estimate of drug-likeness (QED) is 0.487. The summed E-state index contributed by atoms with van der Waals surface area (Å²) < 4.78 is 5.63. The fourth-order valence-electron chi connectivity index (χ4n) is 5.85. The molecule has 7 nitrogen and oxygen atoms in total. The van der Waals surface area contributed by atoms with Crippen molar-refractivity contribution in [3.05, 3.63) is 59.7 Å². The maximum absolute atomic E-state index is 13.0. The number of fused-ring (bicyclic) bond motifs is 4. The molecule has 8 heteroatoms. The molecule has 0 aromatic heterocycles. The lowest BCUT2D eigenvalue weighted by Crippen LogP contribution is -2.50. The van der Waals surface area contributed by atoms with E-state index in [4.69, 9.17) is 4.74 Å². The van der Waals surface area contributed by atoms with Gasteiger partial charge < -0.3 is 20.5 Å². The maximum Gasteiger partial charge on any atom is 0.407 e. The molecule has 0 bridgehead atoms. The summed E-state index contributed by atoms with van der Waals surface area (Å²) in [4.78, 5) is 37.3. The van der Waals surface area contributed by atoms with Crippen LogP contribution in [-0.2, 0) is 14.3 Å². The van der Waals surface area contributed by atoms with Crippen LogP contribution in [0.2, 0.25) is 0 Å². The molecule has 0 aliphatic heterocycles. The molecule has 0 saturated heterocycles. The number of amides is 2. The van der Waals surface area contributed by atoms with E-state index in [0.717, 1.165) is 22.3 Å². The highest BCUT2D eigenvalue weighted by atomic mass is 32.2. The third kappa shape index (κ3) is 4.51. The van der Waals surface area contributed by atoms with Gasteiger partial charge in [0.25, 0.3) is 0 Å². The molecule has 3 unspecified atom stereocenters. The Bertz CT molecular complexity index is 1110. The van der Waals surface area contributed by atoms with Crippen molar-refractivity contribution < 1.29 is 24.2 Å². The van der Waals surface area contributed by atoms with Crippen LogP contribution in [0.5, 0.6) is 0 Å². The van der Waals surface area contributed by atoms with Crippen LogP contribution >= 0.6 is 11.8 Å². The average Bonchev–Trinajstić information content (AvgIpc) is 3.28. The molecule has 35 heavy (non-hydrogen) atoms. The Hall–Kier alpha value is -3.00. The van der Waals surface area contributed by atoms with Gasteiger partial charge in [-0.05, 0) is 65.9 Å². The molecule has 3 aliphatic carbocycles. The molecule has 2 amide bonds. The van der Waals surface area contributed by atoms with Crippen LogP contribution in [-0.4, -0.2) is 53.8 Å². The molecule has 5 rings (SSSR count). The molecule has 184 valence electrons. The number of ether oxygens (including phenoxy) is 1. The van der Waals surface area contributed by atoms with Crippen molar-refractivity contribution in [2.75, 3.05) is 18.6 Å². The van der Waals surface area contributed by atoms with Gasteiger partial charge in [-0.2, -0.15) is 11.8 Å². The molecule has 0 heterocycles. The Balaban J connectivity index is 1.19. The lowest BCUT2D eigenvalue weighted by atomic mass is 9.98. The number of hydrogen-bond donors (Lipinski definition) is 3. The van der Waals surface area contributed by atoms with Crippen molar-refractivity contribution in [3.63, 3.8) is 0 Å². The average molecular weight is 495 g/mol. The largest absolute Gasteiger partial charge is 0.481 e. The van der Waals surface area contributed by atoms with Gasteiger partial charge in [0.05, 0.1) is 5.41 Å². The van der Waals surface area contributed by atoms with Crippen molar-refractivity contribution in [1.29, 1.82) is 0 Å². The highest BCUT2D eigenvalue weighted by Crippen LogP contribution is 2.63. The highest BCUT2D eigenvalue weighted by molar-refractivity contribution is 7.98. The van der Waals surface area contributed by atoms with E-state index in [1.807, 2.05) is 30.5 Å². The van der Waals surface area contributed by atoms with Gasteiger partial charge in [0, 0.05) is 12.0 Å². The number of carbonyl (C=O) groups excluding carboxylic acids is 2. The number of rotatable bonds is 9. The monoisotopic (exact) mass is 494 g/mol. The summed E-state index contributed by atoms with van der Waals surface area (Å²) in [5.41, 5.74) is 3.91. The van der Waals surface area contributed by atoms with E-state index in [9.17, 15) is 19.5 Å². The molecular formula is C27H30N2O5S. The summed E-state index contributed by atoms with van der Waals surface area (Å²) in [5, 5.41) is 15.2. The van der Waals surface area contributed by atoms with E-state index in [-0.39, 0.29) is 30.4 Å². The van der Waals surface area contributed by atoms with Crippen molar-refractivity contribution in [1.82, 2.24) is 10.6 Å². The van der Waals surface area contributed by atoms with Crippen molar-refractivity contribution >= 4 is 29.7 Å². The van der Waals surface area contributed by atoms with Crippen molar-refractivity contribution in [2.45, 2.75) is 43.7 Å². The van der Waals surface area contributed by atoms with Gasteiger partial charge in [-0.3, -0.25) is 9.59 Å². The van der Waals surface area contributed by atoms with Gasteiger partial charge >= 0.3 is 12.1 Å². The Labute approximate surface area is 209 Å². The number of aliphatic carboxylic acids is 1. The van der Waals surface area contributed by atoms with Gasteiger partial charge in [0.2, 0.25) is 5.91 Å². The third-order valence-corrected chi connectivity index (χ3v) is 8.39. The number of alkyl carbamates (subject to hydrolysis) is 1. The molecular weight excluding hydrogens is 464 g/mol. The fraction of sp³-hybridized carbons (Fsp3) is 0.444. The summed E-state index contributed by atoms with van der Waals surface area (Å²) in [6.07, 6.45) is 3.63. The first kappa shape index (κ1) is 23.7. The van der Waals surface area contributed by atoms with E-state index in [1.54, 1.807) is 11.8 Å². The summed E-state index contributed by atoms with van der Waals surface area (Å²) in [5.74, 6) is -0.253. The van der Waals surface area contributed by atoms with Crippen LogP contribution in [0.15, 0.2) is 48.5 Å². The van der Waals surface area contributed by atoms with E-state index in [0.29, 0.717) is 31.4 Å². The number of carboxylic acid groups (broad SMARTS) is 1. The van der Waals surface area contributed by atoms with Crippen molar-refractivity contribution in [3.8, 4) is 11.1 Å². The normalized spacial score (nSPS) is 24.6. The maximum atomic E-state index is 13.0. The topological polar surface area (TPSA) is 105 Å². The molecule has 3 N–H and O–H groups in total. The van der Waals surface area contributed by atoms with Gasteiger partial charge in [0.15, 0.2) is 0 Å². The molecule has 0 radical (unpaired) electrons. The minimum Gasteiger partial charge on any atom is -0.481 e. The van der Waals surface area contributed by atoms with Crippen LogP contribution in [0.3, 0.4) is 0 Å². The SMILES string of the molecule is CSCC[C@@H](NC(=O)OCC1c2ccccc2-c2ccccc21)C(=O)NC1CC2CC2(C(=O)O)C1. The first-order chi connectivity index (χ1) is 16.9. The van der Waals surface area contributed by atoms with Gasteiger partial charge in [-0.1, -0.05) is 48.5 Å². The lowest BCUT2D eigenvalue weighted by molar-refractivity contribution is -0.143. The fourth-order valence-corrected chi connectivity index (χ4v) is 6.33. The molecule has 2 fully saturated rings. The van der Waals surface area contributed by atoms with Gasteiger partial charge in [-0.15, -0.1) is 0 Å². The zero-order chi connectivity index (χ0) is 24.6. The number of benzene rings is 2. The second-order valence-electron chi connectivity index (χ2n) is 9.81. The van der Waals surface area contributed by atoms with Crippen molar-refractivity contribution in [2.24, 2.45) is 11.3 Å². The van der Waals surface area contributed by atoms with E-state index < -0.39 is 23.5 Å². The second-order valence-corrected chi connectivity index (χ2v) is 10.8. The van der Waals surface area contributed by atoms with Crippen LogP contribution < -0.4 is 10.6 Å². The molecule has 0 spiro atoms. The molecule has 4 atom stereocenters. The number of hydrogen-bond acceptors (Lipinski definition) is 5. The van der Waals surface area contributed by atoms with E-state index >= 15 is 0 Å². The van der Waals surface area contributed by atoms with E-state index in [1.165, 1.54) is 0 Å². The van der Waals surface area contributed by atoms with Crippen LogP contribution in [0, 0.1) is 11.3 Å². The predicted octanol–water partition coefficient (Wildman–Crippen LogP) is 4.02. The minimum atomic E-state index is -0.769. The van der Waals surface area contributed by atoms with Crippen LogP contribution in [0.1, 0.15) is 42.7 Å². The van der Waals surface area contributed by atoms with Crippen LogP contribution in [0.4, 0.5) is 4.79 Å². The molecule has 2 saturated carbocycles. The zero-order valence-electron chi connectivity index (χ0n) is 19.7. The first-order valence-electron chi connectivity index (χ1n) is 12.1. The zero-order valence-corrected chi connectivity index (χ0v) is 20.5. The molecule has 2 aromatic rings.